The van der Waals surface area contributed by atoms with Crippen molar-refractivity contribution in [2.75, 3.05) is 4.72 Å². The normalized spacial score (nSPS) is 12.4. The average molecular weight is 407 g/mol. The number of anilines is 1. The van der Waals surface area contributed by atoms with E-state index in [1.807, 2.05) is 6.07 Å². The van der Waals surface area contributed by atoms with Crippen molar-refractivity contribution in [1.29, 1.82) is 0 Å². The second kappa shape index (κ2) is 6.41. The zero-order valence-electron chi connectivity index (χ0n) is 14.0. The number of fused-ring (bicyclic) bond motifs is 3. The largest absolute Gasteiger partial charge is 0.573 e. The Morgan fingerprint density at radius 3 is 2.39 bits per heavy atom. The first-order valence-electron chi connectivity index (χ1n) is 7.95. The van der Waals surface area contributed by atoms with Crippen molar-refractivity contribution < 1.29 is 26.3 Å². The van der Waals surface area contributed by atoms with Crippen LogP contribution >= 0.6 is 0 Å². The molecule has 0 atom stereocenters. The second-order valence-electron chi connectivity index (χ2n) is 5.93. The first-order chi connectivity index (χ1) is 13.2. The van der Waals surface area contributed by atoms with E-state index in [4.69, 9.17) is 0 Å². The summed E-state index contributed by atoms with van der Waals surface area (Å²) in [7, 11) is -3.99. The number of hydrogen-bond donors (Lipinski definition) is 2. The number of aromatic nitrogens is 2. The fourth-order valence-electron chi connectivity index (χ4n) is 2.84. The van der Waals surface area contributed by atoms with Gasteiger partial charge in [0.1, 0.15) is 5.75 Å². The van der Waals surface area contributed by atoms with Gasteiger partial charge in [0, 0.05) is 39.9 Å². The molecule has 2 N–H and O–H groups in total. The maximum atomic E-state index is 12.5. The summed E-state index contributed by atoms with van der Waals surface area (Å²) in [5, 5.41) is 1.63. The van der Waals surface area contributed by atoms with Crippen molar-refractivity contribution >= 4 is 37.5 Å². The molecule has 2 heterocycles. The van der Waals surface area contributed by atoms with Crippen LogP contribution in [0.1, 0.15) is 0 Å². The molecule has 0 aliphatic rings. The van der Waals surface area contributed by atoms with Crippen LogP contribution in [-0.4, -0.2) is 24.7 Å². The van der Waals surface area contributed by atoms with Crippen LogP contribution < -0.4 is 9.46 Å². The minimum atomic E-state index is -4.84. The van der Waals surface area contributed by atoms with Crippen LogP contribution in [0.3, 0.4) is 0 Å². The number of nitrogens with one attached hydrogen (secondary N) is 2. The predicted octanol–water partition coefficient (Wildman–Crippen LogP) is 4.42. The Hall–Kier alpha value is -3.27. The van der Waals surface area contributed by atoms with Gasteiger partial charge in [-0.25, -0.2) is 8.42 Å². The van der Waals surface area contributed by atoms with E-state index in [0.29, 0.717) is 5.69 Å². The molecule has 10 heteroatoms. The van der Waals surface area contributed by atoms with Gasteiger partial charge in [-0.05, 0) is 48.5 Å². The smallest absolute Gasteiger partial charge is 0.406 e. The Bertz CT molecular complexity index is 1270. The van der Waals surface area contributed by atoms with Gasteiger partial charge in [0.15, 0.2) is 0 Å². The molecule has 144 valence electrons. The molecule has 2 aromatic carbocycles. The zero-order chi connectivity index (χ0) is 19.9. The Labute approximate surface area is 157 Å². The average Bonchev–Trinajstić information content (AvgIpc) is 2.98. The van der Waals surface area contributed by atoms with Crippen LogP contribution in [0.2, 0.25) is 0 Å². The summed E-state index contributed by atoms with van der Waals surface area (Å²) in [4.78, 5) is 7.08. The second-order valence-corrected chi connectivity index (χ2v) is 7.61. The molecule has 28 heavy (non-hydrogen) atoms. The number of hydrogen-bond acceptors (Lipinski definition) is 4. The van der Waals surface area contributed by atoms with Crippen LogP contribution in [0.15, 0.2) is 65.8 Å². The Kier molecular flexibility index (Phi) is 4.15. The lowest BCUT2D eigenvalue weighted by atomic mass is 10.2. The topological polar surface area (TPSA) is 84.1 Å². The van der Waals surface area contributed by atoms with Crippen molar-refractivity contribution in [3.05, 3.63) is 60.9 Å². The molecular weight excluding hydrogens is 395 g/mol. The van der Waals surface area contributed by atoms with Crippen molar-refractivity contribution in [2.45, 2.75) is 11.3 Å². The Morgan fingerprint density at radius 1 is 0.964 bits per heavy atom. The van der Waals surface area contributed by atoms with E-state index in [1.54, 1.807) is 30.6 Å². The number of sulfonamides is 1. The molecule has 0 spiro atoms. The molecule has 0 saturated carbocycles. The van der Waals surface area contributed by atoms with Gasteiger partial charge in [0.05, 0.1) is 4.90 Å². The van der Waals surface area contributed by atoms with Gasteiger partial charge in [-0.2, -0.15) is 0 Å². The quantitative estimate of drug-likeness (QED) is 0.525. The molecule has 0 bridgehead atoms. The van der Waals surface area contributed by atoms with E-state index in [1.165, 1.54) is 0 Å². The monoisotopic (exact) mass is 407 g/mol. The van der Waals surface area contributed by atoms with Gasteiger partial charge < -0.3 is 9.72 Å². The molecule has 2 aromatic heterocycles. The zero-order valence-corrected chi connectivity index (χ0v) is 14.8. The summed E-state index contributed by atoms with van der Waals surface area (Å²) < 4.78 is 67.9. The first-order valence-corrected chi connectivity index (χ1v) is 9.44. The lowest BCUT2D eigenvalue weighted by Gasteiger charge is -2.11. The molecule has 0 saturated heterocycles. The minimum Gasteiger partial charge on any atom is -0.406 e. The first kappa shape index (κ1) is 18.1. The van der Waals surface area contributed by atoms with Crippen LogP contribution in [0.5, 0.6) is 5.75 Å². The highest BCUT2D eigenvalue weighted by atomic mass is 32.2. The molecule has 0 aliphatic carbocycles. The maximum absolute atomic E-state index is 12.5. The summed E-state index contributed by atoms with van der Waals surface area (Å²) in [6, 6.07) is 10.7. The van der Waals surface area contributed by atoms with Crippen LogP contribution in [0.4, 0.5) is 18.9 Å². The molecular formula is C18H12F3N3O3S. The van der Waals surface area contributed by atoms with Crippen molar-refractivity contribution in [2.24, 2.45) is 0 Å². The molecule has 6 nitrogen and oxygen atoms in total. The highest BCUT2D eigenvalue weighted by Gasteiger charge is 2.31. The molecule has 0 amide bonds. The van der Waals surface area contributed by atoms with Gasteiger partial charge >= 0.3 is 6.36 Å². The van der Waals surface area contributed by atoms with E-state index in [9.17, 15) is 21.6 Å². The van der Waals surface area contributed by atoms with Crippen LogP contribution in [-0.2, 0) is 10.0 Å². The summed E-state index contributed by atoms with van der Waals surface area (Å²) in [5.74, 6) is -0.501. The van der Waals surface area contributed by atoms with E-state index in [2.05, 4.69) is 19.4 Å². The number of alkyl halides is 3. The molecule has 0 radical (unpaired) electrons. The van der Waals surface area contributed by atoms with E-state index in [0.717, 1.165) is 46.1 Å². The summed E-state index contributed by atoms with van der Waals surface area (Å²) in [6.45, 7) is 0. The van der Waals surface area contributed by atoms with Crippen LogP contribution in [0, 0.1) is 0 Å². The number of rotatable bonds is 4. The SMILES string of the molecule is O=S(=O)(Nc1ccc2[nH]c3ccncc3c2c1)c1ccc(OC(F)(F)F)cc1. The number of aromatic amines is 1. The number of halogens is 3. The van der Waals surface area contributed by atoms with E-state index >= 15 is 0 Å². The number of pyridine rings is 1. The third-order valence-electron chi connectivity index (χ3n) is 4.02. The third-order valence-corrected chi connectivity index (χ3v) is 5.42. The van der Waals surface area contributed by atoms with Crippen molar-refractivity contribution in [3.8, 4) is 5.75 Å². The number of ether oxygens (including phenoxy) is 1. The standard InChI is InChI=1S/C18H12F3N3O3S/c19-18(20,21)27-12-2-4-13(5-3-12)28(25,26)24-11-1-6-16-14(9-11)15-10-22-8-7-17(15)23-16/h1-10,23-24H. The number of H-pyrrole nitrogens is 1. The Morgan fingerprint density at radius 2 is 1.68 bits per heavy atom. The minimum absolute atomic E-state index is 0.192. The molecule has 0 fully saturated rings. The Balaban J connectivity index is 1.63. The van der Waals surface area contributed by atoms with E-state index < -0.39 is 22.1 Å². The third kappa shape index (κ3) is 3.58. The highest BCUT2D eigenvalue weighted by Crippen LogP contribution is 2.29. The molecule has 4 aromatic rings. The molecule has 0 aliphatic heterocycles. The molecule has 4 rings (SSSR count). The van der Waals surface area contributed by atoms with Gasteiger partial charge in [-0.15, -0.1) is 13.2 Å². The van der Waals surface area contributed by atoms with Crippen LogP contribution in [0.25, 0.3) is 21.8 Å². The fourth-order valence-corrected chi connectivity index (χ4v) is 3.89. The van der Waals surface area contributed by atoms with E-state index in [-0.39, 0.29) is 4.90 Å². The van der Waals surface area contributed by atoms with Gasteiger partial charge in [-0.3, -0.25) is 9.71 Å². The van der Waals surface area contributed by atoms with Gasteiger partial charge in [0.2, 0.25) is 0 Å². The van der Waals surface area contributed by atoms with Crippen molar-refractivity contribution in [1.82, 2.24) is 9.97 Å². The number of benzene rings is 2. The highest BCUT2D eigenvalue weighted by molar-refractivity contribution is 7.92. The lowest BCUT2D eigenvalue weighted by molar-refractivity contribution is -0.274. The maximum Gasteiger partial charge on any atom is 0.573 e. The van der Waals surface area contributed by atoms with Crippen molar-refractivity contribution in [3.63, 3.8) is 0 Å². The summed E-state index contributed by atoms with van der Waals surface area (Å²) >= 11 is 0. The number of nitrogens with zero attached hydrogens (tertiary/aromatic N) is 1. The summed E-state index contributed by atoms with van der Waals surface area (Å²) in [5.41, 5.74) is 2.00. The fraction of sp³-hybridized carbons (Fsp3) is 0.0556. The van der Waals surface area contributed by atoms with Gasteiger partial charge in [-0.1, -0.05) is 0 Å². The summed E-state index contributed by atoms with van der Waals surface area (Å²) in [6.07, 6.45) is -1.53. The lowest BCUT2D eigenvalue weighted by Crippen LogP contribution is -2.17. The molecule has 0 unspecified atom stereocenters. The predicted molar refractivity (Wildman–Crippen MR) is 97.5 cm³/mol. The van der Waals surface area contributed by atoms with Gasteiger partial charge in [0.25, 0.3) is 10.0 Å².